The van der Waals surface area contributed by atoms with Crippen LogP contribution in [0.5, 0.6) is 0 Å². The molecule has 8 heteroatoms. The molecule has 3 fully saturated rings. The van der Waals surface area contributed by atoms with Crippen molar-refractivity contribution in [2.75, 3.05) is 38.6 Å². The highest BCUT2D eigenvalue weighted by molar-refractivity contribution is 5.78. The molecule has 4 atom stereocenters. The number of likely N-dealkylation sites (N-methyl/N-ethyl adjacent to an activating group) is 1. The summed E-state index contributed by atoms with van der Waals surface area (Å²) in [6.45, 7) is 2.08. The molecule has 2 bridgehead atoms. The molecule has 0 unspecified atom stereocenters. The summed E-state index contributed by atoms with van der Waals surface area (Å²) in [5.41, 5.74) is -0.660. The van der Waals surface area contributed by atoms with Crippen LogP contribution in [-0.4, -0.2) is 66.5 Å². The van der Waals surface area contributed by atoms with Crippen molar-refractivity contribution < 1.29 is 18.0 Å². The molecule has 154 valence electrons. The molecular weight excluding hydrogens is 369 g/mol. The number of pyridine rings is 1. The maximum absolute atomic E-state index is 13.1. The average Bonchev–Trinajstić information content (AvgIpc) is 2.64. The topological polar surface area (TPSA) is 39.7 Å². The highest BCUT2D eigenvalue weighted by Gasteiger charge is 2.49. The van der Waals surface area contributed by atoms with Gasteiger partial charge in [0.2, 0.25) is 5.91 Å². The molecule has 4 rings (SSSR count). The van der Waals surface area contributed by atoms with Crippen LogP contribution in [0.25, 0.3) is 0 Å². The smallest absolute Gasteiger partial charge is 0.356 e. The minimum absolute atomic E-state index is 0.109. The number of piperidine rings is 3. The van der Waals surface area contributed by atoms with Gasteiger partial charge in [0.25, 0.3) is 0 Å². The molecule has 0 spiro atoms. The van der Waals surface area contributed by atoms with Gasteiger partial charge in [0, 0.05) is 44.3 Å². The lowest BCUT2D eigenvalue weighted by Crippen LogP contribution is -2.67. The van der Waals surface area contributed by atoms with Crippen molar-refractivity contribution >= 4 is 11.7 Å². The molecule has 0 saturated carbocycles. The Bertz CT molecular complexity index is 738. The van der Waals surface area contributed by atoms with E-state index in [2.05, 4.69) is 14.8 Å². The molecule has 0 N–H and O–H groups in total. The van der Waals surface area contributed by atoms with Gasteiger partial charge in [0.05, 0.1) is 5.56 Å². The summed E-state index contributed by atoms with van der Waals surface area (Å²) in [6.07, 6.45) is 0.398. The van der Waals surface area contributed by atoms with Crippen molar-refractivity contribution in [3.05, 3.63) is 23.9 Å². The molecule has 3 aliphatic heterocycles. The normalized spacial score (nSPS) is 30.6. The van der Waals surface area contributed by atoms with Crippen molar-refractivity contribution in [1.82, 2.24) is 14.8 Å². The van der Waals surface area contributed by atoms with E-state index in [4.69, 9.17) is 0 Å². The number of fused-ring (bicyclic) bond motifs is 4. The molecular formula is C20H27F3N4O. The van der Waals surface area contributed by atoms with E-state index in [9.17, 15) is 18.0 Å². The van der Waals surface area contributed by atoms with E-state index < -0.39 is 11.7 Å². The first-order valence-corrected chi connectivity index (χ1v) is 9.98. The second kappa shape index (κ2) is 7.21. The zero-order chi connectivity index (χ0) is 20.1. The number of rotatable bonds is 3. The Morgan fingerprint density at radius 2 is 2.00 bits per heavy atom. The fourth-order valence-electron chi connectivity index (χ4n) is 5.34. The molecule has 1 aromatic heterocycles. The lowest BCUT2D eigenvalue weighted by Gasteiger charge is -2.57. The molecule has 3 saturated heterocycles. The van der Waals surface area contributed by atoms with Crippen LogP contribution in [0.1, 0.15) is 31.2 Å². The number of aromatic nitrogens is 1. The Kier molecular flexibility index (Phi) is 5.02. The van der Waals surface area contributed by atoms with Crippen molar-refractivity contribution in [2.24, 2.45) is 11.8 Å². The van der Waals surface area contributed by atoms with Crippen LogP contribution in [0.2, 0.25) is 0 Å². The van der Waals surface area contributed by atoms with Gasteiger partial charge < -0.3 is 14.7 Å². The van der Waals surface area contributed by atoms with Gasteiger partial charge in [-0.15, -0.1) is 0 Å². The van der Waals surface area contributed by atoms with Crippen LogP contribution < -0.4 is 4.90 Å². The molecule has 1 amide bonds. The minimum atomic E-state index is -4.37. The first-order valence-electron chi connectivity index (χ1n) is 9.98. The second-order valence-electron chi connectivity index (χ2n) is 8.65. The van der Waals surface area contributed by atoms with Crippen LogP contribution >= 0.6 is 0 Å². The summed E-state index contributed by atoms with van der Waals surface area (Å²) in [5, 5.41) is 0. The average molecular weight is 396 g/mol. The van der Waals surface area contributed by atoms with Crippen LogP contribution in [-0.2, 0) is 11.0 Å². The first-order chi connectivity index (χ1) is 13.2. The lowest BCUT2D eigenvalue weighted by molar-refractivity contribution is -0.149. The maximum Gasteiger partial charge on any atom is 0.416 e. The zero-order valence-corrected chi connectivity index (χ0v) is 16.3. The predicted molar refractivity (Wildman–Crippen MR) is 99.9 cm³/mol. The molecule has 28 heavy (non-hydrogen) atoms. The minimum Gasteiger partial charge on any atom is -0.356 e. The van der Waals surface area contributed by atoms with Gasteiger partial charge in [-0.05, 0) is 57.3 Å². The lowest BCUT2D eigenvalue weighted by atomic mass is 9.72. The number of amides is 1. The molecule has 0 radical (unpaired) electrons. The Morgan fingerprint density at radius 1 is 1.25 bits per heavy atom. The zero-order valence-electron chi connectivity index (χ0n) is 16.3. The number of halogens is 3. The van der Waals surface area contributed by atoms with Crippen LogP contribution in [0, 0.1) is 11.8 Å². The third-order valence-electron chi connectivity index (χ3n) is 6.45. The summed E-state index contributed by atoms with van der Waals surface area (Å²) in [7, 11) is 4.01. The van der Waals surface area contributed by atoms with Gasteiger partial charge in [-0.1, -0.05) is 0 Å². The van der Waals surface area contributed by atoms with Gasteiger partial charge >= 0.3 is 6.18 Å². The highest BCUT2D eigenvalue weighted by atomic mass is 19.4. The second-order valence-corrected chi connectivity index (χ2v) is 8.65. The van der Waals surface area contributed by atoms with E-state index in [0.29, 0.717) is 25.3 Å². The van der Waals surface area contributed by atoms with Gasteiger partial charge in [0.15, 0.2) is 0 Å². The summed E-state index contributed by atoms with van der Waals surface area (Å²) in [6, 6.07) is 2.48. The van der Waals surface area contributed by atoms with Crippen LogP contribution in [0.15, 0.2) is 18.3 Å². The molecule has 0 aliphatic carbocycles. The van der Waals surface area contributed by atoms with E-state index in [1.54, 1.807) is 0 Å². The Labute approximate surface area is 163 Å². The number of carbonyl (C=O) groups excluding carboxylic acids is 1. The summed E-state index contributed by atoms with van der Waals surface area (Å²) in [5.74, 6) is 1.17. The van der Waals surface area contributed by atoms with Gasteiger partial charge in [-0.3, -0.25) is 4.79 Å². The number of hydrogen-bond donors (Lipinski definition) is 0. The number of hydrogen-bond acceptors (Lipinski definition) is 4. The van der Waals surface area contributed by atoms with E-state index >= 15 is 0 Å². The predicted octanol–water partition coefficient (Wildman–Crippen LogP) is 2.87. The van der Waals surface area contributed by atoms with E-state index in [0.717, 1.165) is 37.9 Å². The van der Waals surface area contributed by atoms with E-state index in [1.165, 1.54) is 6.20 Å². The number of carbonyl (C=O) groups is 1. The van der Waals surface area contributed by atoms with Gasteiger partial charge in [-0.25, -0.2) is 4.98 Å². The van der Waals surface area contributed by atoms with Crippen molar-refractivity contribution in [2.45, 2.75) is 43.9 Å². The molecule has 1 aromatic rings. The molecule has 4 heterocycles. The Hall–Kier alpha value is -1.83. The maximum atomic E-state index is 13.1. The SMILES string of the molecule is CN(C)C[C@H]1[C@H]2C[C@H](CN(c3cc(C(F)(F)F)ccn3)C2)[C@@H]2CCCC(=O)N21. The monoisotopic (exact) mass is 396 g/mol. The molecule has 0 aromatic carbocycles. The number of alkyl halides is 3. The first kappa shape index (κ1) is 19.5. The Morgan fingerprint density at radius 3 is 2.71 bits per heavy atom. The number of anilines is 1. The van der Waals surface area contributed by atoms with E-state index in [-0.39, 0.29) is 29.8 Å². The highest BCUT2D eigenvalue weighted by Crippen LogP contribution is 2.43. The fourth-order valence-corrected chi connectivity index (χ4v) is 5.34. The van der Waals surface area contributed by atoms with E-state index in [1.807, 2.05) is 19.0 Å². The van der Waals surface area contributed by atoms with Crippen molar-refractivity contribution in [1.29, 1.82) is 0 Å². The standard InChI is InChI=1S/C20H27F3N4O/c1-25(2)12-17-14-8-13(16-4-3-5-19(28)27(16)17)10-26(11-14)18-9-15(6-7-24-18)20(21,22)23/h6-7,9,13-14,16-17H,3-5,8,10-12H2,1-2H3/t13-,14+,16+,17+/m1/s1. The van der Waals surface area contributed by atoms with Crippen molar-refractivity contribution in [3.8, 4) is 0 Å². The van der Waals surface area contributed by atoms with Crippen molar-refractivity contribution in [3.63, 3.8) is 0 Å². The van der Waals surface area contributed by atoms with Gasteiger partial charge in [0.1, 0.15) is 5.82 Å². The van der Waals surface area contributed by atoms with Gasteiger partial charge in [-0.2, -0.15) is 13.2 Å². The Balaban J connectivity index is 1.63. The molecule has 5 nitrogen and oxygen atoms in total. The summed E-state index contributed by atoms with van der Waals surface area (Å²) >= 11 is 0. The van der Waals surface area contributed by atoms with Crippen LogP contribution in [0.3, 0.4) is 0 Å². The number of nitrogens with zero attached hydrogens (tertiary/aromatic N) is 4. The van der Waals surface area contributed by atoms with Crippen LogP contribution in [0.4, 0.5) is 19.0 Å². The third kappa shape index (κ3) is 3.58. The molecule has 3 aliphatic rings. The fraction of sp³-hybridized carbons (Fsp3) is 0.700. The largest absolute Gasteiger partial charge is 0.416 e. The quantitative estimate of drug-likeness (QED) is 0.788. The summed E-state index contributed by atoms with van der Waals surface area (Å²) in [4.78, 5) is 23.2. The third-order valence-corrected chi connectivity index (χ3v) is 6.45. The summed E-state index contributed by atoms with van der Waals surface area (Å²) < 4.78 is 39.4.